The van der Waals surface area contributed by atoms with Gasteiger partial charge in [-0.05, 0) is 42.8 Å². The molecule has 1 saturated heterocycles. The number of alkyl halides is 3. The number of likely N-dealkylation sites (N-methyl/N-ethyl adjacent to an activating group) is 1. The summed E-state index contributed by atoms with van der Waals surface area (Å²) in [6.45, 7) is 1.71. The van der Waals surface area contributed by atoms with Crippen LogP contribution in [0.3, 0.4) is 0 Å². The van der Waals surface area contributed by atoms with Crippen molar-refractivity contribution < 1.29 is 17.9 Å². The van der Waals surface area contributed by atoms with Crippen molar-refractivity contribution in [2.75, 3.05) is 20.1 Å². The summed E-state index contributed by atoms with van der Waals surface area (Å²) in [5, 5.41) is 0. The maximum atomic E-state index is 13.5. The zero-order chi connectivity index (χ0) is 17.6. The van der Waals surface area contributed by atoms with Gasteiger partial charge in [0.15, 0.2) is 0 Å². The standard InChI is InChI=1S/C20H20F3NO/c1-24-11-10-14-13-6-2-3-7-15(13)19(25-18(14)12-24)16-8-4-5-9-17(16)20(21,22)23/h2-9,14,18-19H,10-12H2,1H3/t14-,18-,19?/m0/s1. The first kappa shape index (κ1) is 16.6. The number of fused-ring (bicyclic) bond motifs is 3. The quantitative estimate of drug-likeness (QED) is 0.747. The van der Waals surface area contributed by atoms with Crippen LogP contribution in [0, 0.1) is 0 Å². The Morgan fingerprint density at radius 2 is 1.60 bits per heavy atom. The fraction of sp³-hybridized carbons (Fsp3) is 0.400. The molecule has 0 amide bonds. The van der Waals surface area contributed by atoms with Crippen LogP contribution in [-0.4, -0.2) is 31.1 Å². The van der Waals surface area contributed by atoms with Crippen molar-refractivity contribution in [3.63, 3.8) is 0 Å². The van der Waals surface area contributed by atoms with Gasteiger partial charge in [-0.3, -0.25) is 0 Å². The van der Waals surface area contributed by atoms with Crippen LogP contribution in [0.25, 0.3) is 0 Å². The summed E-state index contributed by atoms with van der Waals surface area (Å²) >= 11 is 0. The molecule has 2 heterocycles. The number of likely N-dealkylation sites (tertiary alicyclic amines) is 1. The molecule has 25 heavy (non-hydrogen) atoms. The Morgan fingerprint density at radius 1 is 0.960 bits per heavy atom. The van der Waals surface area contributed by atoms with Gasteiger partial charge < -0.3 is 9.64 Å². The van der Waals surface area contributed by atoms with Crippen molar-refractivity contribution in [2.45, 2.75) is 30.7 Å². The zero-order valence-electron chi connectivity index (χ0n) is 14.0. The Morgan fingerprint density at radius 3 is 2.32 bits per heavy atom. The van der Waals surface area contributed by atoms with E-state index in [0.717, 1.165) is 36.7 Å². The van der Waals surface area contributed by atoms with E-state index in [2.05, 4.69) is 4.90 Å². The normalized spacial score (nSPS) is 26.8. The smallest absolute Gasteiger partial charge is 0.364 e. The number of benzene rings is 2. The summed E-state index contributed by atoms with van der Waals surface area (Å²) in [4.78, 5) is 2.18. The molecule has 2 aromatic carbocycles. The van der Waals surface area contributed by atoms with Crippen molar-refractivity contribution in [2.24, 2.45) is 0 Å². The molecule has 0 N–H and O–H groups in total. The molecule has 1 fully saturated rings. The first-order valence-corrected chi connectivity index (χ1v) is 8.54. The van der Waals surface area contributed by atoms with Gasteiger partial charge in [0.1, 0.15) is 6.10 Å². The van der Waals surface area contributed by atoms with E-state index in [-0.39, 0.29) is 17.6 Å². The molecule has 5 heteroatoms. The molecule has 2 aromatic rings. The van der Waals surface area contributed by atoms with Gasteiger partial charge in [0.05, 0.1) is 11.7 Å². The summed E-state index contributed by atoms with van der Waals surface area (Å²) < 4.78 is 46.8. The minimum absolute atomic E-state index is 0.0834. The van der Waals surface area contributed by atoms with E-state index < -0.39 is 17.8 Å². The predicted octanol–water partition coefficient (Wildman–Crippen LogP) is 4.61. The van der Waals surface area contributed by atoms with Gasteiger partial charge in [0.2, 0.25) is 0 Å². The summed E-state index contributed by atoms with van der Waals surface area (Å²) in [6.07, 6.45) is -4.19. The van der Waals surface area contributed by atoms with Crippen molar-refractivity contribution in [3.05, 3.63) is 70.8 Å². The molecule has 1 unspecified atom stereocenters. The first-order chi connectivity index (χ1) is 11.9. The number of ether oxygens (including phenoxy) is 1. The Hall–Kier alpha value is -1.85. The molecule has 132 valence electrons. The summed E-state index contributed by atoms with van der Waals surface area (Å²) in [5.41, 5.74) is 1.59. The lowest BCUT2D eigenvalue weighted by atomic mass is 9.79. The highest BCUT2D eigenvalue weighted by atomic mass is 19.4. The second-order valence-corrected chi connectivity index (χ2v) is 6.93. The van der Waals surface area contributed by atoms with Crippen molar-refractivity contribution >= 4 is 0 Å². The molecule has 0 saturated carbocycles. The van der Waals surface area contributed by atoms with Gasteiger partial charge in [0, 0.05) is 12.5 Å². The van der Waals surface area contributed by atoms with Gasteiger partial charge in [0.25, 0.3) is 0 Å². The van der Waals surface area contributed by atoms with Gasteiger partial charge in [-0.2, -0.15) is 13.2 Å². The van der Waals surface area contributed by atoms with E-state index in [1.165, 1.54) is 12.1 Å². The molecular weight excluding hydrogens is 327 g/mol. The molecule has 2 nitrogen and oxygen atoms in total. The number of hydrogen-bond donors (Lipinski definition) is 0. The largest absolute Gasteiger partial charge is 0.416 e. The van der Waals surface area contributed by atoms with Crippen LogP contribution >= 0.6 is 0 Å². The number of rotatable bonds is 1. The number of hydrogen-bond acceptors (Lipinski definition) is 2. The molecule has 0 aromatic heterocycles. The average molecular weight is 347 g/mol. The van der Waals surface area contributed by atoms with Gasteiger partial charge in [-0.25, -0.2) is 0 Å². The lowest BCUT2D eigenvalue weighted by Crippen LogP contribution is -2.45. The SMILES string of the molecule is CN1CC[C@H]2c3ccccc3C(c3ccccc3C(F)(F)F)O[C@H]2C1. The molecule has 0 bridgehead atoms. The minimum atomic E-state index is -4.39. The van der Waals surface area contributed by atoms with Gasteiger partial charge >= 0.3 is 6.18 Å². The van der Waals surface area contributed by atoms with Gasteiger partial charge in [-0.1, -0.05) is 42.5 Å². The van der Waals surface area contributed by atoms with E-state index in [1.54, 1.807) is 6.07 Å². The van der Waals surface area contributed by atoms with E-state index in [0.29, 0.717) is 0 Å². The molecule has 3 atom stereocenters. The molecular formula is C20H20F3NO. The Balaban J connectivity index is 1.83. The fourth-order valence-corrected chi connectivity index (χ4v) is 4.12. The highest BCUT2D eigenvalue weighted by molar-refractivity contribution is 5.44. The van der Waals surface area contributed by atoms with Crippen LogP contribution < -0.4 is 0 Å². The lowest BCUT2D eigenvalue weighted by Gasteiger charge is -2.44. The molecule has 0 radical (unpaired) electrons. The third-order valence-electron chi connectivity index (χ3n) is 5.30. The third-order valence-corrected chi connectivity index (χ3v) is 5.30. The lowest BCUT2D eigenvalue weighted by molar-refractivity contribution is -0.140. The van der Waals surface area contributed by atoms with Crippen LogP contribution in [0.5, 0.6) is 0 Å². The maximum absolute atomic E-state index is 13.5. The predicted molar refractivity (Wildman–Crippen MR) is 89.5 cm³/mol. The Labute approximate surface area is 145 Å². The highest BCUT2D eigenvalue weighted by Crippen LogP contribution is 2.46. The molecule has 0 aliphatic carbocycles. The highest BCUT2D eigenvalue weighted by Gasteiger charge is 2.42. The van der Waals surface area contributed by atoms with Gasteiger partial charge in [-0.15, -0.1) is 0 Å². The first-order valence-electron chi connectivity index (χ1n) is 8.54. The molecule has 2 aliphatic heterocycles. The Kier molecular flexibility index (Phi) is 4.08. The van der Waals surface area contributed by atoms with Crippen LogP contribution in [0.2, 0.25) is 0 Å². The molecule has 2 aliphatic rings. The molecule has 0 spiro atoms. The zero-order valence-corrected chi connectivity index (χ0v) is 14.0. The van der Waals surface area contributed by atoms with Crippen molar-refractivity contribution in [1.29, 1.82) is 0 Å². The topological polar surface area (TPSA) is 12.5 Å². The van der Waals surface area contributed by atoms with E-state index in [4.69, 9.17) is 4.74 Å². The Bertz CT molecular complexity index is 774. The van der Waals surface area contributed by atoms with Crippen LogP contribution in [0.4, 0.5) is 13.2 Å². The second kappa shape index (κ2) is 6.15. The van der Waals surface area contributed by atoms with Crippen LogP contribution in [-0.2, 0) is 10.9 Å². The minimum Gasteiger partial charge on any atom is -0.364 e. The molecule has 4 rings (SSSR count). The van der Waals surface area contributed by atoms with Crippen molar-refractivity contribution in [1.82, 2.24) is 4.90 Å². The monoisotopic (exact) mass is 347 g/mol. The third kappa shape index (κ3) is 2.96. The van der Waals surface area contributed by atoms with Crippen molar-refractivity contribution in [3.8, 4) is 0 Å². The number of piperidine rings is 1. The van der Waals surface area contributed by atoms with E-state index >= 15 is 0 Å². The number of nitrogens with zero attached hydrogens (tertiary/aromatic N) is 1. The van der Waals surface area contributed by atoms with E-state index in [9.17, 15) is 13.2 Å². The fourth-order valence-electron chi connectivity index (χ4n) is 4.12. The van der Waals surface area contributed by atoms with E-state index in [1.807, 2.05) is 31.3 Å². The average Bonchev–Trinajstić information content (AvgIpc) is 2.60. The summed E-state index contributed by atoms with van der Waals surface area (Å²) in [7, 11) is 2.03. The summed E-state index contributed by atoms with van der Waals surface area (Å²) in [5.74, 6) is 0.252. The maximum Gasteiger partial charge on any atom is 0.416 e. The number of halogens is 3. The van der Waals surface area contributed by atoms with Crippen LogP contribution in [0.15, 0.2) is 48.5 Å². The van der Waals surface area contributed by atoms with Crippen LogP contribution in [0.1, 0.15) is 40.7 Å². The summed E-state index contributed by atoms with van der Waals surface area (Å²) in [6, 6.07) is 13.5. The second-order valence-electron chi connectivity index (χ2n) is 6.93.